The number of aliphatic hydroxyl groups is 1. The van der Waals surface area contributed by atoms with E-state index in [1.165, 1.54) is 29.2 Å². The van der Waals surface area contributed by atoms with E-state index < -0.39 is 17.8 Å². The Hall–Kier alpha value is -2.04. The number of fused-ring (bicyclic) bond motifs is 3. The summed E-state index contributed by atoms with van der Waals surface area (Å²) in [6, 6.07) is 16.4. The zero-order chi connectivity index (χ0) is 16.4. The average Bonchev–Trinajstić information content (AvgIpc) is 2.87. The number of nitrogens with one attached hydrogen (secondary N) is 1. The molecule has 120 valence electrons. The Labute approximate surface area is 140 Å². The lowest BCUT2D eigenvalue weighted by molar-refractivity contribution is 0.0504. The molecule has 0 fully saturated rings. The minimum Gasteiger partial charge on any atom is -0.442 e. The number of alkyl carbamates (subject to hydrolysis) is 1. The largest absolute Gasteiger partial charge is 0.442 e. The normalized spacial score (nSPS) is 15.4. The molecule has 1 aliphatic rings. The molecule has 0 aromatic heterocycles. The first kappa shape index (κ1) is 15.8. The van der Waals surface area contributed by atoms with Crippen molar-refractivity contribution in [3.05, 3.63) is 59.7 Å². The number of ether oxygens (including phenoxy) is 1. The van der Waals surface area contributed by atoms with Crippen LogP contribution in [0.5, 0.6) is 0 Å². The van der Waals surface area contributed by atoms with Crippen molar-refractivity contribution >= 4 is 17.7 Å². The molecule has 0 saturated carbocycles. The van der Waals surface area contributed by atoms with Gasteiger partial charge in [0.05, 0.1) is 0 Å². The van der Waals surface area contributed by atoms with Crippen molar-refractivity contribution in [3.63, 3.8) is 0 Å². The maximum atomic E-state index is 11.8. The number of benzene rings is 2. The molecule has 2 atom stereocenters. The van der Waals surface area contributed by atoms with Gasteiger partial charge in [0.15, 0.2) is 5.56 Å². The highest BCUT2D eigenvalue weighted by Gasteiger charge is 2.28. The summed E-state index contributed by atoms with van der Waals surface area (Å²) < 4.78 is 5.02. The van der Waals surface area contributed by atoms with E-state index in [-0.39, 0.29) is 5.92 Å². The molecule has 0 bridgehead atoms. The summed E-state index contributed by atoms with van der Waals surface area (Å²) in [6.07, 6.45) is -1.35. The number of carbonyl (C=O) groups excluding carboxylic acids is 1. The summed E-state index contributed by atoms with van der Waals surface area (Å²) in [5, 5.41) is 11.9. The van der Waals surface area contributed by atoms with Gasteiger partial charge < -0.3 is 15.2 Å². The van der Waals surface area contributed by atoms with Crippen molar-refractivity contribution in [1.82, 2.24) is 5.32 Å². The lowest BCUT2D eigenvalue weighted by Crippen LogP contribution is -2.34. The standard InChI is InChI=1S/C18H18ClNO3/c1-11(17(19)21)23-18(22)20-10-16-14-8-4-2-6-12(14)13-7-3-5-9-15(13)16/h2-9,11,16-17,21H,10H2,1H3,(H,20,22). The summed E-state index contributed by atoms with van der Waals surface area (Å²) in [7, 11) is 0. The second-order valence-corrected chi connectivity index (χ2v) is 6.04. The van der Waals surface area contributed by atoms with Gasteiger partial charge in [-0.2, -0.15) is 0 Å². The molecule has 2 N–H and O–H groups in total. The molecule has 4 nitrogen and oxygen atoms in total. The van der Waals surface area contributed by atoms with Crippen molar-refractivity contribution in [1.29, 1.82) is 0 Å². The first-order valence-electron chi connectivity index (χ1n) is 7.52. The van der Waals surface area contributed by atoms with Crippen LogP contribution in [-0.2, 0) is 4.74 Å². The number of hydrogen-bond acceptors (Lipinski definition) is 3. The molecule has 0 aliphatic heterocycles. The summed E-state index contributed by atoms with van der Waals surface area (Å²) in [5.74, 6) is 0.0891. The molecule has 1 aliphatic carbocycles. The van der Waals surface area contributed by atoms with Gasteiger partial charge in [-0.25, -0.2) is 4.79 Å². The Morgan fingerprint density at radius 3 is 2.22 bits per heavy atom. The summed E-state index contributed by atoms with van der Waals surface area (Å²) in [4.78, 5) is 11.8. The van der Waals surface area contributed by atoms with E-state index in [1.807, 2.05) is 24.3 Å². The molecule has 2 aromatic rings. The Bertz CT molecular complexity index is 671. The van der Waals surface area contributed by atoms with Crippen LogP contribution >= 0.6 is 11.6 Å². The van der Waals surface area contributed by atoms with Crippen LogP contribution in [-0.4, -0.2) is 29.4 Å². The fraction of sp³-hybridized carbons (Fsp3) is 0.278. The highest BCUT2D eigenvalue weighted by Crippen LogP contribution is 2.43. The first-order valence-corrected chi connectivity index (χ1v) is 7.96. The van der Waals surface area contributed by atoms with E-state index in [9.17, 15) is 9.90 Å². The first-order chi connectivity index (χ1) is 11.1. The van der Waals surface area contributed by atoms with Crippen LogP contribution in [0.25, 0.3) is 11.1 Å². The lowest BCUT2D eigenvalue weighted by atomic mass is 9.97. The van der Waals surface area contributed by atoms with E-state index in [2.05, 4.69) is 29.6 Å². The third kappa shape index (κ3) is 3.19. The van der Waals surface area contributed by atoms with E-state index in [1.54, 1.807) is 0 Å². The molecule has 2 unspecified atom stereocenters. The lowest BCUT2D eigenvalue weighted by Gasteiger charge is -2.17. The third-order valence-electron chi connectivity index (χ3n) is 4.09. The maximum absolute atomic E-state index is 11.8. The van der Waals surface area contributed by atoms with Gasteiger partial charge in [-0.3, -0.25) is 0 Å². The zero-order valence-electron chi connectivity index (χ0n) is 12.7. The van der Waals surface area contributed by atoms with Crippen molar-refractivity contribution in [2.24, 2.45) is 0 Å². The van der Waals surface area contributed by atoms with Gasteiger partial charge >= 0.3 is 6.09 Å². The minimum absolute atomic E-state index is 0.0891. The number of alkyl halides is 1. The van der Waals surface area contributed by atoms with Gasteiger partial charge in [0.25, 0.3) is 0 Å². The second-order valence-electron chi connectivity index (χ2n) is 5.59. The summed E-state index contributed by atoms with van der Waals surface area (Å²) in [6.45, 7) is 1.97. The van der Waals surface area contributed by atoms with E-state index >= 15 is 0 Å². The fourth-order valence-electron chi connectivity index (χ4n) is 2.93. The topological polar surface area (TPSA) is 58.6 Å². The fourth-order valence-corrected chi connectivity index (χ4v) is 2.98. The Morgan fingerprint density at radius 2 is 1.70 bits per heavy atom. The van der Waals surface area contributed by atoms with Gasteiger partial charge in [0, 0.05) is 12.5 Å². The van der Waals surface area contributed by atoms with Gasteiger partial charge in [0.1, 0.15) is 6.10 Å². The number of amides is 1. The zero-order valence-corrected chi connectivity index (χ0v) is 13.5. The highest BCUT2D eigenvalue weighted by atomic mass is 35.5. The van der Waals surface area contributed by atoms with E-state index in [4.69, 9.17) is 16.3 Å². The highest BCUT2D eigenvalue weighted by molar-refractivity contribution is 6.19. The Kier molecular flexibility index (Phi) is 4.55. The van der Waals surface area contributed by atoms with Crippen molar-refractivity contribution in [2.45, 2.75) is 24.5 Å². The number of hydrogen-bond donors (Lipinski definition) is 2. The van der Waals surface area contributed by atoms with Gasteiger partial charge in [-0.05, 0) is 29.2 Å². The Balaban J connectivity index is 1.75. The molecule has 23 heavy (non-hydrogen) atoms. The van der Waals surface area contributed by atoms with Crippen molar-refractivity contribution in [2.75, 3.05) is 6.54 Å². The molecule has 1 amide bonds. The molecule has 3 rings (SSSR count). The average molecular weight is 332 g/mol. The SMILES string of the molecule is CC(OC(=O)NCC1c2ccccc2-c2ccccc21)C(O)Cl. The van der Waals surface area contributed by atoms with Crippen LogP contribution in [0.4, 0.5) is 4.79 Å². The predicted octanol–water partition coefficient (Wildman–Crippen LogP) is 3.47. The summed E-state index contributed by atoms with van der Waals surface area (Å²) >= 11 is 5.48. The monoisotopic (exact) mass is 331 g/mol. The molecule has 0 radical (unpaired) electrons. The molecule has 0 heterocycles. The van der Waals surface area contributed by atoms with Crippen molar-refractivity contribution in [3.8, 4) is 11.1 Å². The molecular weight excluding hydrogens is 314 g/mol. The smallest absolute Gasteiger partial charge is 0.407 e. The molecule has 2 aromatic carbocycles. The van der Waals surface area contributed by atoms with Crippen LogP contribution in [0.1, 0.15) is 24.0 Å². The Morgan fingerprint density at radius 1 is 1.17 bits per heavy atom. The van der Waals surface area contributed by atoms with Gasteiger partial charge in [-0.1, -0.05) is 60.1 Å². The number of rotatable bonds is 4. The van der Waals surface area contributed by atoms with Crippen LogP contribution in [0.2, 0.25) is 0 Å². The number of aliphatic hydroxyl groups excluding tert-OH is 1. The maximum Gasteiger partial charge on any atom is 0.407 e. The minimum atomic E-state index is -1.21. The van der Waals surface area contributed by atoms with Gasteiger partial charge in [0.2, 0.25) is 0 Å². The van der Waals surface area contributed by atoms with E-state index in [0.717, 1.165) is 0 Å². The number of halogens is 1. The van der Waals surface area contributed by atoms with Crippen LogP contribution in [0.15, 0.2) is 48.5 Å². The summed E-state index contributed by atoms with van der Waals surface area (Å²) in [5.41, 5.74) is 3.58. The van der Waals surface area contributed by atoms with Crippen LogP contribution in [0, 0.1) is 0 Å². The quantitative estimate of drug-likeness (QED) is 0.843. The molecule has 5 heteroatoms. The third-order valence-corrected chi connectivity index (χ3v) is 4.45. The van der Waals surface area contributed by atoms with Crippen molar-refractivity contribution < 1.29 is 14.6 Å². The number of carbonyl (C=O) groups is 1. The molecule has 0 saturated heterocycles. The van der Waals surface area contributed by atoms with Gasteiger partial charge in [-0.15, -0.1) is 0 Å². The second kappa shape index (κ2) is 6.60. The predicted molar refractivity (Wildman–Crippen MR) is 89.5 cm³/mol. The molecular formula is C18H18ClNO3. The molecule has 0 spiro atoms. The van der Waals surface area contributed by atoms with E-state index in [0.29, 0.717) is 6.54 Å². The van der Waals surface area contributed by atoms with Crippen LogP contribution < -0.4 is 5.32 Å². The van der Waals surface area contributed by atoms with Crippen LogP contribution in [0.3, 0.4) is 0 Å².